The third-order valence-corrected chi connectivity index (χ3v) is 4.28. The molecule has 0 unspecified atom stereocenters. The molecule has 0 bridgehead atoms. The number of carbonyl (C=O) groups is 2. The molecule has 0 saturated heterocycles. The van der Waals surface area contributed by atoms with Crippen LogP contribution >= 0.6 is 0 Å². The summed E-state index contributed by atoms with van der Waals surface area (Å²) in [6.07, 6.45) is 2.04. The fraction of sp³-hybridized carbons (Fsp3) is 0.333. The highest BCUT2D eigenvalue weighted by molar-refractivity contribution is 6.04. The number of ether oxygens (including phenoxy) is 1. The van der Waals surface area contributed by atoms with Gasteiger partial charge in [-0.2, -0.15) is 0 Å². The largest absolute Gasteiger partial charge is 0.484 e. The number of carbonyl (C=O) groups excluding carboxylic acids is 2. The molecule has 0 aliphatic heterocycles. The second kappa shape index (κ2) is 8.04. The zero-order chi connectivity index (χ0) is 18.5. The van der Waals surface area contributed by atoms with Crippen molar-refractivity contribution in [3.63, 3.8) is 0 Å². The van der Waals surface area contributed by atoms with E-state index in [0.29, 0.717) is 22.9 Å². The number of rotatable bonds is 7. The Hall–Kier alpha value is -2.82. The molecule has 1 fully saturated rings. The molecule has 2 N–H and O–H groups in total. The summed E-state index contributed by atoms with van der Waals surface area (Å²) in [5.74, 6) is 0.633. The lowest BCUT2D eigenvalue weighted by Gasteiger charge is -2.12. The number of hydrogen-bond acceptors (Lipinski definition) is 3. The van der Waals surface area contributed by atoms with E-state index in [1.165, 1.54) is 5.56 Å². The van der Waals surface area contributed by atoms with Crippen molar-refractivity contribution in [2.24, 2.45) is 0 Å². The van der Waals surface area contributed by atoms with Gasteiger partial charge in [0.15, 0.2) is 6.61 Å². The van der Waals surface area contributed by atoms with Crippen molar-refractivity contribution in [3.8, 4) is 5.75 Å². The van der Waals surface area contributed by atoms with Crippen molar-refractivity contribution in [2.75, 3.05) is 11.9 Å². The number of hydrogen-bond donors (Lipinski definition) is 2. The van der Waals surface area contributed by atoms with Crippen molar-refractivity contribution in [1.82, 2.24) is 5.32 Å². The van der Waals surface area contributed by atoms with Crippen LogP contribution in [0.4, 0.5) is 5.69 Å². The van der Waals surface area contributed by atoms with Crippen molar-refractivity contribution < 1.29 is 14.3 Å². The van der Waals surface area contributed by atoms with Crippen LogP contribution in [0.2, 0.25) is 0 Å². The second-order valence-corrected chi connectivity index (χ2v) is 6.85. The molecule has 2 aromatic carbocycles. The second-order valence-electron chi connectivity index (χ2n) is 6.85. The van der Waals surface area contributed by atoms with Gasteiger partial charge in [-0.3, -0.25) is 9.59 Å². The van der Waals surface area contributed by atoms with E-state index in [2.05, 4.69) is 24.5 Å². The SMILES string of the molecule is CC(C)c1ccc(OCC(=O)Nc2ccccc2C(=O)NC2CC2)cc1. The number of nitrogens with one attached hydrogen (secondary N) is 2. The molecule has 5 heteroatoms. The lowest BCUT2D eigenvalue weighted by atomic mass is 10.0. The first-order valence-electron chi connectivity index (χ1n) is 8.95. The lowest BCUT2D eigenvalue weighted by Crippen LogP contribution is -2.28. The summed E-state index contributed by atoms with van der Waals surface area (Å²) in [5.41, 5.74) is 2.18. The minimum Gasteiger partial charge on any atom is -0.484 e. The number of benzene rings is 2. The highest BCUT2D eigenvalue weighted by Gasteiger charge is 2.25. The maximum atomic E-state index is 12.3. The fourth-order valence-electron chi connectivity index (χ4n) is 2.57. The Kier molecular flexibility index (Phi) is 5.56. The Morgan fingerprint density at radius 1 is 1.08 bits per heavy atom. The van der Waals surface area contributed by atoms with Gasteiger partial charge in [0.05, 0.1) is 11.3 Å². The molecule has 0 aromatic heterocycles. The van der Waals surface area contributed by atoms with Gasteiger partial charge < -0.3 is 15.4 Å². The third-order valence-electron chi connectivity index (χ3n) is 4.28. The van der Waals surface area contributed by atoms with E-state index < -0.39 is 0 Å². The number of anilines is 1. The topological polar surface area (TPSA) is 67.4 Å². The van der Waals surface area contributed by atoms with Crippen LogP contribution < -0.4 is 15.4 Å². The van der Waals surface area contributed by atoms with E-state index >= 15 is 0 Å². The molecular formula is C21H24N2O3. The van der Waals surface area contributed by atoms with Gasteiger partial charge in [-0.1, -0.05) is 38.1 Å². The Labute approximate surface area is 153 Å². The zero-order valence-corrected chi connectivity index (χ0v) is 15.1. The zero-order valence-electron chi connectivity index (χ0n) is 15.1. The van der Waals surface area contributed by atoms with Gasteiger partial charge >= 0.3 is 0 Å². The summed E-state index contributed by atoms with van der Waals surface area (Å²) in [6.45, 7) is 4.14. The van der Waals surface area contributed by atoms with Crippen LogP contribution in [0.3, 0.4) is 0 Å². The van der Waals surface area contributed by atoms with Crippen LogP contribution in [-0.4, -0.2) is 24.5 Å². The number of para-hydroxylation sites is 1. The molecule has 0 atom stereocenters. The van der Waals surface area contributed by atoms with E-state index in [9.17, 15) is 9.59 Å². The summed E-state index contributed by atoms with van der Waals surface area (Å²) < 4.78 is 5.54. The molecular weight excluding hydrogens is 328 g/mol. The summed E-state index contributed by atoms with van der Waals surface area (Å²) in [7, 11) is 0. The van der Waals surface area contributed by atoms with E-state index in [4.69, 9.17) is 4.74 Å². The molecule has 5 nitrogen and oxygen atoms in total. The Balaban J connectivity index is 1.57. The van der Waals surface area contributed by atoms with Gasteiger partial charge in [0, 0.05) is 6.04 Å². The molecule has 0 heterocycles. The van der Waals surface area contributed by atoms with Crippen LogP contribution in [0.25, 0.3) is 0 Å². The maximum Gasteiger partial charge on any atom is 0.262 e. The minimum atomic E-state index is -0.301. The van der Waals surface area contributed by atoms with Gasteiger partial charge in [0.25, 0.3) is 11.8 Å². The monoisotopic (exact) mass is 352 g/mol. The summed E-state index contributed by atoms with van der Waals surface area (Å²) in [4.78, 5) is 24.5. The minimum absolute atomic E-state index is 0.112. The Morgan fingerprint density at radius 3 is 2.42 bits per heavy atom. The first kappa shape index (κ1) is 18.0. The van der Waals surface area contributed by atoms with Crippen LogP contribution in [0.1, 0.15) is 48.5 Å². The van der Waals surface area contributed by atoms with E-state index in [1.807, 2.05) is 24.3 Å². The molecule has 2 amide bonds. The van der Waals surface area contributed by atoms with E-state index in [0.717, 1.165) is 12.8 Å². The van der Waals surface area contributed by atoms with Gasteiger partial charge in [0.2, 0.25) is 0 Å². The van der Waals surface area contributed by atoms with E-state index in [1.54, 1.807) is 24.3 Å². The quantitative estimate of drug-likeness (QED) is 0.798. The highest BCUT2D eigenvalue weighted by Crippen LogP contribution is 2.22. The predicted octanol–water partition coefficient (Wildman–Crippen LogP) is 3.72. The van der Waals surface area contributed by atoms with Crippen molar-refractivity contribution in [1.29, 1.82) is 0 Å². The standard InChI is InChI=1S/C21H24N2O3/c1-14(2)15-7-11-17(12-8-15)26-13-20(24)23-19-6-4-3-5-18(19)21(25)22-16-9-10-16/h3-8,11-12,14,16H,9-10,13H2,1-2H3,(H,22,25)(H,23,24). The fourth-order valence-corrected chi connectivity index (χ4v) is 2.57. The summed E-state index contributed by atoms with van der Waals surface area (Å²) in [5, 5.41) is 5.69. The first-order valence-corrected chi connectivity index (χ1v) is 8.95. The summed E-state index contributed by atoms with van der Waals surface area (Å²) >= 11 is 0. The molecule has 1 saturated carbocycles. The Morgan fingerprint density at radius 2 is 1.77 bits per heavy atom. The van der Waals surface area contributed by atoms with Crippen molar-refractivity contribution in [3.05, 3.63) is 59.7 Å². The molecule has 1 aliphatic rings. The lowest BCUT2D eigenvalue weighted by molar-refractivity contribution is -0.118. The average molecular weight is 352 g/mol. The van der Waals surface area contributed by atoms with Crippen molar-refractivity contribution >= 4 is 17.5 Å². The summed E-state index contributed by atoms with van der Waals surface area (Å²) in [6, 6.07) is 15.0. The van der Waals surface area contributed by atoms with Gasteiger partial charge in [-0.05, 0) is 48.6 Å². The third kappa shape index (κ3) is 4.85. The van der Waals surface area contributed by atoms with Crippen LogP contribution in [-0.2, 0) is 4.79 Å². The van der Waals surface area contributed by atoms with Crippen LogP contribution in [0.5, 0.6) is 5.75 Å². The molecule has 0 spiro atoms. The van der Waals surface area contributed by atoms with Gasteiger partial charge in [-0.15, -0.1) is 0 Å². The van der Waals surface area contributed by atoms with Crippen LogP contribution in [0.15, 0.2) is 48.5 Å². The average Bonchev–Trinajstić information content (AvgIpc) is 3.44. The molecule has 3 rings (SSSR count). The molecule has 136 valence electrons. The maximum absolute atomic E-state index is 12.3. The first-order chi connectivity index (χ1) is 12.5. The number of amides is 2. The predicted molar refractivity (Wildman–Crippen MR) is 102 cm³/mol. The molecule has 2 aromatic rings. The van der Waals surface area contributed by atoms with Gasteiger partial charge in [0.1, 0.15) is 5.75 Å². The van der Waals surface area contributed by atoms with Crippen LogP contribution in [0, 0.1) is 0 Å². The molecule has 1 aliphatic carbocycles. The van der Waals surface area contributed by atoms with E-state index in [-0.39, 0.29) is 24.5 Å². The Bertz CT molecular complexity index is 780. The van der Waals surface area contributed by atoms with Crippen molar-refractivity contribution in [2.45, 2.75) is 38.6 Å². The molecule has 0 radical (unpaired) electrons. The highest BCUT2D eigenvalue weighted by atomic mass is 16.5. The molecule has 26 heavy (non-hydrogen) atoms. The smallest absolute Gasteiger partial charge is 0.262 e. The van der Waals surface area contributed by atoms with Gasteiger partial charge in [-0.25, -0.2) is 0 Å². The normalized spacial score (nSPS) is 13.3.